The van der Waals surface area contributed by atoms with E-state index >= 15 is 0 Å². The summed E-state index contributed by atoms with van der Waals surface area (Å²) in [6.45, 7) is 18.5. The van der Waals surface area contributed by atoms with Gasteiger partial charge in [0.15, 0.2) is 11.6 Å². The number of benzene rings is 2. The van der Waals surface area contributed by atoms with Crippen LogP contribution in [0.15, 0.2) is 134 Å². The van der Waals surface area contributed by atoms with Crippen LogP contribution in [0.3, 0.4) is 0 Å². The number of carboxylic acids is 2. The zero-order chi connectivity index (χ0) is 61.7. The highest BCUT2D eigenvalue weighted by Crippen LogP contribution is 2.48. The highest BCUT2D eigenvalue weighted by Gasteiger charge is 2.55. The van der Waals surface area contributed by atoms with Crippen LogP contribution < -0.4 is 10.6 Å². The van der Waals surface area contributed by atoms with E-state index in [0.29, 0.717) is 63.2 Å². The Morgan fingerprint density at radius 3 is 1.66 bits per heavy atom. The molecule has 2 aromatic rings. The Hall–Kier alpha value is -6.20. The van der Waals surface area contributed by atoms with E-state index in [9.17, 15) is 48.6 Å². The maximum absolute atomic E-state index is 13.0. The van der Waals surface area contributed by atoms with E-state index in [1.165, 1.54) is 31.9 Å². The van der Waals surface area contributed by atoms with Crippen molar-refractivity contribution in [2.45, 2.75) is 131 Å². The van der Waals surface area contributed by atoms with E-state index in [1.807, 2.05) is 65.6 Å². The topological polar surface area (TPSA) is 217 Å². The van der Waals surface area contributed by atoms with Crippen molar-refractivity contribution >= 4 is 93.7 Å². The number of hydrogen-bond acceptors (Lipinski definition) is 11. The van der Waals surface area contributed by atoms with E-state index in [1.54, 1.807) is 43.9 Å². The first kappa shape index (κ1) is 71.3. The van der Waals surface area contributed by atoms with Gasteiger partial charge >= 0.3 is 23.9 Å². The van der Waals surface area contributed by atoms with Gasteiger partial charge in [0.1, 0.15) is 0 Å². The molecule has 4 N–H and O–H groups in total. The minimum atomic E-state index is -1.05. The van der Waals surface area contributed by atoms with Crippen LogP contribution in [-0.2, 0) is 56.2 Å². The molecule has 5 aliphatic carbocycles. The van der Waals surface area contributed by atoms with Gasteiger partial charge in [0.25, 0.3) is 0 Å². The number of allylic oxidation sites excluding steroid dienone is 10. The second kappa shape index (κ2) is 34.2. The summed E-state index contributed by atoms with van der Waals surface area (Å²) in [7, 11) is 0. The van der Waals surface area contributed by atoms with Gasteiger partial charge in [-0.3, -0.25) is 28.8 Å². The van der Waals surface area contributed by atoms with Crippen LogP contribution in [0.25, 0.3) is 0 Å². The summed E-state index contributed by atoms with van der Waals surface area (Å²) >= 11 is 23.7. The number of piperidine rings is 2. The Morgan fingerprint density at radius 2 is 1.22 bits per heavy atom. The Bertz CT molecular complexity index is 2920. The molecule has 2 aromatic carbocycles. The second-order valence-corrected chi connectivity index (χ2v) is 24.0. The third-order valence-corrected chi connectivity index (χ3v) is 17.1. The van der Waals surface area contributed by atoms with Crippen LogP contribution >= 0.6 is 46.4 Å². The minimum Gasteiger partial charge on any atom is -0.481 e. The first-order valence-corrected chi connectivity index (χ1v) is 29.9. The minimum absolute atomic E-state index is 0. The lowest BCUT2D eigenvalue weighted by Crippen LogP contribution is -2.55. The predicted octanol–water partition coefficient (Wildman–Crippen LogP) is 12.9. The van der Waals surface area contributed by atoms with Crippen molar-refractivity contribution in [1.82, 2.24) is 20.4 Å². The maximum atomic E-state index is 13.0. The molecule has 85 heavy (non-hydrogen) atoms. The lowest BCUT2D eigenvalue weighted by Gasteiger charge is -2.45. The number of cyclic esters (lactones) is 2. The molecule has 0 spiro atoms. The quantitative estimate of drug-likeness (QED) is 0.0405. The third kappa shape index (κ3) is 21.3. The van der Waals surface area contributed by atoms with Crippen LogP contribution in [-0.4, -0.2) is 106 Å². The van der Waals surface area contributed by atoms with Crippen molar-refractivity contribution in [3.05, 3.63) is 165 Å². The SMILES string of the molecule is C.C=C/C=C/CCNC1CC1.C=C/C=C/CCNCc1ccc(Cl)c(Cl)c1.CC1=CC(=O)CC1=O.CC1=CC(=O)OC1=O.C[C@@]1(C(=O)O)CC=C[C@@H]2CCN(C3CC3)C(=O)[C@@H]21.C[C@@]1(C(=O)O)CC=C[C@@H]2CCN(Cc3ccc(Cl)c(Cl)c3)C(=O)[C@@H]21. The van der Waals surface area contributed by atoms with Gasteiger partial charge < -0.3 is 35.4 Å². The Morgan fingerprint density at radius 1 is 0.694 bits per heavy atom. The number of likely N-dealkylation sites (tertiary alicyclic amines) is 2. The molecule has 8 aliphatic rings. The van der Waals surface area contributed by atoms with Gasteiger partial charge in [0.2, 0.25) is 11.8 Å². The zero-order valence-electron chi connectivity index (χ0n) is 48.3. The Labute approximate surface area is 520 Å². The summed E-state index contributed by atoms with van der Waals surface area (Å²) in [5.74, 6) is -3.73. The van der Waals surface area contributed by atoms with E-state index in [2.05, 4.69) is 46.8 Å². The monoisotopic (exact) mass is 1250 g/mol. The van der Waals surface area contributed by atoms with Gasteiger partial charge in [0, 0.05) is 49.9 Å². The number of Topliss-reactive ketones (excluding diaryl/α,β-unsaturated/α-hetero) is 1. The van der Waals surface area contributed by atoms with Gasteiger partial charge in [-0.25, -0.2) is 9.59 Å². The molecule has 2 saturated heterocycles. The molecule has 4 fully saturated rings. The molecule has 3 aliphatic heterocycles. The number of hydrogen-bond donors (Lipinski definition) is 4. The van der Waals surface area contributed by atoms with Crippen LogP contribution in [0.5, 0.6) is 0 Å². The van der Waals surface area contributed by atoms with Crippen molar-refractivity contribution < 1.29 is 53.3 Å². The molecule has 0 aromatic heterocycles. The van der Waals surface area contributed by atoms with Crippen LogP contribution in [0, 0.1) is 34.5 Å². The van der Waals surface area contributed by atoms with Gasteiger partial charge in [0.05, 0.1) is 49.2 Å². The molecule has 10 rings (SSSR count). The fourth-order valence-corrected chi connectivity index (χ4v) is 11.1. The number of esters is 2. The number of amides is 2. The van der Waals surface area contributed by atoms with E-state index in [-0.39, 0.29) is 55.0 Å². The molecule has 19 heteroatoms. The molecule has 6 atom stereocenters. The molecule has 460 valence electrons. The Kier molecular flexibility index (Phi) is 28.7. The number of aliphatic carboxylic acids is 2. The second-order valence-electron chi connectivity index (χ2n) is 22.3. The van der Waals surface area contributed by atoms with Gasteiger partial charge in [-0.15, -0.1) is 0 Å². The molecular weight excluding hydrogens is 1170 g/mol. The number of carboxylic acid groups (broad SMARTS) is 2. The molecule has 0 unspecified atom stereocenters. The summed E-state index contributed by atoms with van der Waals surface area (Å²) < 4.78 is 4.10. The number of fused-ring (bicyclic) bond motifs is 2. The van der Waals surface area contributed by atoms with Crippen LogP contribution in [0.1, 0.15) is 117 Å². The molecule has 0 radical (unpaired) electrons. The lowest BCUT2D eigenvalue weighted by atomic mass is 9.62. The molecule has 15 nitrogen and oxygen atoms in total. The van der Waals surface area contributed by atoms with Crippen molar-refractivity contribution in [1.29, 1.82) is 0 Å². The summed E-state index contributed by atoms with van der Waals surface area (Å²) in [6, 6.07) is 12.2. The Balaban J connectivity index is 0.000000228. The normalized spacial score (nSPS) is 24.4. The molecule has 2 amide bonds. The number of rotatable bonds is 16. The van der Waals surface area contributed by atoms with Gasteiger partial charge in [-0.1, -0.05) is 140 Å². The molecular formula is C66H82Cl4N4O11. The predicted molar refractivity (Wildman–Crippen MR) is 336 cm³/mol. The van der Waals surface area contributed by atoms with Crippen molar-refractivity contribution in [2.24, 2.45) is 34.5 Å². The first-order valence-electron chi connectivity index (χ1n) is 28.4. The summed E-state index contributed by atoms with van der Waals surface area (Å²) in [5, 5.41) is 28.0. The smallest absolute Gasteiger partial charge is 0.341 e. The average molecular weight is 1250 g/mol. The van der Waals surface area contributed by atoms with E-state index < -0.39 is 40.6 Å². The fraction of sp³-hybridized carbons (Fsp3) is 0.455. The zero-order valence-corrected chi connectivity index (χ0v) is 51.3. The number of ether oxygens (including phenoxy) is 1. The van der Waals surface area contributed by atoms with Crippen molar-refractivity contribution in [3.8, 4) is 0 Å². The van der Waals surface area contributed by atoms with Crippen LogP contribution in [0.4, 0.5) is 0 Å². The number of halogens is 4. The summed E-state index contributed by atoms with van der Waals surface area (Å²) in [5.41, 5.74) is 1.02. The van der Waals surface area contributed by atoms with E-state index in [0.717, 1.165) is 81.9 Å². The fourth-order valence-electron chi connectivity index (χ4n) is 10.4. The van der Waals surface area contributed by atoms with Gasteiger partial charge in [-0.05, 0) is 164 Å². The highest BCUT2D eigenvalue weighted by atomic mass is 35.5. The van der Waals surface area contributed by atoms with E-state index in [4.69, 9.17) is 46.4 Å². The summed E-state index contributed by atoms with van der Waals surface area (Å²) in [4.78, 5) is 93.9. The first-order chi connectivity index (χ1) is 39.9. The number of ketones is 2. The maximum Gasteiger partial charge on any atom is 0.341 e. The van der Waals surface area contributed by atoms with Crippen LogP contribution in [0.2, 0.25) is 20.1 Å². The molecule has 0 bridgehead atoms. The summed E-state index contributed by atoms with van der Waals surface area (Å²) in [6.07, 6.45) is 31.9. The highest BCUT2D eigenvalue weighted by molar-refractivity contribution is 6.42. The number of nitrogens with one attached hydrogen (secondary N) is 2. The lowest BCUT2D eigenvalue weighted by molar-refractivity contribution is -0.164. The molecule has 3 heterocycles. The average Bonchev–Trinajstić information content (AvgIpc) is 1.81. The standard InChI is InChI=1S/C18H19Cl2NO3.C14H19NO3.C13H15Cl2N.C9H15N.C6H6O2.C5H4O3.CH4/c1-18(17(23)24)7-2-3-12-6-8-21(16(22)15(12)18)10-11-4-5-13(19)14(20)9-11;1-14(13(17)18)7-2-3-9-6-8-15(10-4-5-10)12(16)11(9)14;1-2-3-4-5-8-16-10-11-6-7-12(14)13(15)9-11;1-2-3-4-5-8-10-9-6-7-9;1-4-2-5(7)3-6(4)8;1-3-2-4(6)8-5(3)7;/h2-5,9,12,15H,6-8,10H2,1H3,(H,23,24);2-3,9-11H,4-8H2,1H3,(H,17,18);2-4,6-7,9,16H,1,5,8,10H2;2-4,9-10H,1,5-8H2;2H,3H2,1H3;2H,1H3;1H4/b;;2*4-3+;;;/t12-,15-,18-;9-,11-,14-;;;;;/m11...../s1. The largest absolute Gasteiger partial charge is 0.481 e. The number of carbonyl (C=O) groups excluding carboxylic acids is 6. The van der Waals surface area contributed by atoms with Crippen molar-refractivity contribution in [2.75, 3.05) is 26.2 Å². The van der Waals surface area contributed by atoms with Gasteiger partial charge in [-0.2, -0.15) is 0 Å². The number of nitrogens with zero attached hydrogens (tertiary/aromatic N) is 2. The molecule has 2 saturated carbocycles. The number of carbonyl (C=O) groups is 8. The third-order valence-electron chi connectivity index (χ3n) is 15.6. The van der Waals surface area contributed by atoms with Crippen molar-refractivity contribution in [3.63, 3.8) is 0 Å².